The first-order valence-electron chi connectivity index (χ1n) is 5.61. The Hall–Kier alpha value is -1.49. The second-order valence-electron chi connectivity index (χ2n) is 3.97. The number of hydrogen-bond acceptors (Lipinski definition) is 3. The molecule has 0 spiro atoms. The molecule has 0 bridgehead atoms. The van der Waals surface area contributed by atoms with Crippen molar-refractivity contribution < 1.29 is 4.39 Å². The lowest BCUT2D eigenvalue weighted by Gasteiger charge is -2.08. The lowest BCUT2D eigenvalue weighted by molar-refractivity contribution is 0.625. The fourth-order valence-electron chi connectivity index (χ4n) is 1.70. The van der Waals surface area contributed by atoms with E-state index in [4.69, 9.17) is 0 Å². The van der Waals surface area contributed by atoms with Gasteiger partial charge in [-0.15, -0.1) is 0 Å². The Balaban J connectivity index is 1.92. The molecule has 1 N–H and O–H groups in total. The van der Waals surface area contributed by atoms with E-state index in [1.165, 1.54) is 12.4 Å². The monoisotopic (exact) mass is 309 g/mol. The molecule has 94 valence electrons. The summed E-state index contributed by atoms with van der Waals surface area (Å²) >= 11 is 3.29. The summed E-state index contributed by atoms with van der Waals surface area (Å²) in [6.45, 7) is 2.66. The zero-order valence-electron chi connectivity index (χ0n) is 9.95. The fourth-order valence-corrected chi connectivity index (χ4v) is 2.00. The quantitative estimate of drug-likeness (QED) is 0.880. The Kier molecular flexibility index (Phi) is 4.25. The van der Waals surface area contributed by atoms with Gasteiger partial charge in [-0.1, -0.05) is 6.07 Å². The molecule has 2 rings (SSSR count). The van der Waals surface area contributed by atoms with Crippen molar-refractivity contribution in [1.29, 1.82) is 0 Å². The highest BCUT2D eigenvalue weighted by Crippen LogP contribution is 2.12. The van der Waals surface area contributed by atoms with E-state index in [1.54, 1.807) is 6.07 Å². The maximum atomic E-state index is 12.9. The van der Waals surface area contributed by atoms with Gasteiger partial charge in [0.2, 0.25) is 0 Å². The van der Waals surface area contributed by atoms with E-state index < -0.39 is 0 Å². The molecule has 0 aliphatic heterocycles. The van der Waals surface area contributed by atoms with Crippen molar-refractivity contribution in [2.75, 3.05) is 11.9 Å². The van der Waals surface area contributed by atoms with E-state index in [-0.39, 0.29) is 5.82 Å². The largest absolute Gasteiger partial charge is 0.370 e. The van der Waals surface area contributed by atoms with Crippen molar-refractivity contribution in [2.24, 2.45) is 0 Å². The minimum absolute atomic E-state index is 0.191. The average molecular weight is 310 g/mol. The van der Waals surface area contributed by atoms with Gasteiger partial charge in [0.1, 0.15) is 22.6 Å². The normalized spacial score (nSPS) is 10.4. The zero-order valence-corrected chi connectivity index (χ0v) is 11.5. The van der Waals surface area contributed by atoms with Gasteiger partial charge in [0.25, 0.3) is 0 Å². The van der Waals surface area contributed by atoms with Crippen LogP contribution in [-0.2, 0) is 6.42 Å². The topological polar surface area (TPSA) is 37.8 Å². The van der Waals surface area contributed by atoms with Crippen LogP contribution in [0.2, 0.25) is 0 Å². The molecule has 0 unspecified atom stereocenters. The smallest absolute Gasteiger partial charge is 0.130 e. The molecule has 1 aromatic heterocycles. The number of benzene rings is 1. The van der Waals surface area contributed by atoms with Crippen LogP contribution in [0.3, 0.4) is 0 Å². The summed E-state index contributed by atoms with van der Waals surface area (Å²) in [5.41, 5.74) is 2.11. The van der Waals surface area contributed by atoms with Gasteiger partial charge in [0, 0.05) is 12.6 Å². The molecule has 1 heterocycles. The highest BCUT2D eigenvalue weighted by molar-refractivity contribution is 9.10. The summed E-state index contributed by atoms with van der Waals surface area (Å²) in [5.74, 6) is 0.584. The van der Waals surface area contributed by atoms with Crippen LogP contribution in [0.4, 0.5) is 10.2 Å². The Morgan fingerprint density at radius 3 is 2.83 bits per heavy atom. The van der Waals surface area contributed by atoms with Crippen molar-refractivity contribution in [2.45, 2.75) is 13.3 Å². The maximum absolute atomic E-state index is 12.9. The average Bonchev–Trinajstić information content (AvgIpc) is 2.32. The Bertz CT molecular complexity index is 546. The molecular weight excluding hydrogens is 297 g/mol. The zero-order chi connectivity index (χ0) is 13.0. The van der Waals surface area contributed by atoms with E-state index in [0.717, 1.165) is 34.5 Å². The number of aromatic nitrogens is 2. The summed E-state index contributed by atoms with van der Waals surface area (Å²) in [4.78, 5) is 8.05. The van der Waals surface area contributed by atoms with Crippen LogP contribution in [0.5, 0.6) is 0 Å². The minimum atomic E-state index is -0.191. The molecule has 0 saturated heterocycles. The molecule has 5 heteroatoms. The first kappa shape index (κ1) is 13.0. The number of nitrogens with one attached hydrogen (secondary N) is 1. The molecule has 0 aliphatic carbocycles. The van der Waals surface area contributed by atoms with Crippen LogP contribution >= 0.6 is 15.9 Å². The summed E-state index contributed by atoms with van der Waals surface area (Å²) < 4.78 is 13.7. The summed E-state index contributed by atoms with van der Waals surface area (Å²) in [6.07, 6.45) is 2.32. The second kappa shape index (κ2) is 5.91. The van der Waals surface area contributed by atoms with E-state index in [1.807, 2.05) is 19.1 Å². The van der Waals surface area contributed by atoms with Gasteiger partial charge in [-0.05, 0) is 52.5 Å². The van der Waals surface area contributed by atoms with Crippen molar-refractivity contribution in [1.82, 2.24) is 9.97 Å². The summed E-state index contributed by atoms with van der Waals surface area (Å²) in [6, 6.07) is 6.68. The molecule has 18 heavy (non-hydrogen) atoms. The van der Waals surface area contributed by atoms with Crippen LogP contribution < -0.4 is 5.32 Å². The third-order valence-corrected chi connectivity index (χ3v) is 3.07. The fraction of sp³-hybridized carbons (Fsp3) is 0.231. The van der Waals surface area contributed by atoms with Crippen LogP contribution in [0, 0.1) is 12.7 Å². The second-order valence-corrected chi connectivity index (χ2v) is 4.79. The van der Waals surface area contributed by atoms with Gasteiger partial charge in [-0.2, -0.15) is 0 Å². The Morgan fingerprint density at radius 2 is 2.11 bits per heavy atom. The lowest BCUT2D eigenvalue weighted by Crippen LogP contribution is -2.07. The number of halogens is 2. The first-order chi connectivity index (χ1) is 8.65. The maximum Gasteiger partial charge on any atom is 0.130 e. The van der Waals surface area contributed by atoms with Crippen molar-refractivity contribution in [3.63, 3.8) is 0 Å². The van der Waals surface area contributed by atoms with E-state index in [0.29, 0.717) is 0 Å². The van der Waals surface area contributed by atoms with Gasteiger partial charge in [-0.25, -0.2) is 14.4 Å². The molecule has 0 amide bonds. The summed E-state index contributed by atoms with van der Waals surface area (Å²) in [7, 11) is 0. The number of anilines is 1. The molecule has 2 aromatic rings. The van der Waals surface area contributed by atoms with Crippen LogP contribution in [0.25, 0.3) is 0 Å². The van der Waals surface area contributed by atoms with Crippen molar-refractivity contribution in [3.05, 3.63) is 52.1 Å². The van der Waals surface area contributed by atoms with Crippen LogP contribution in [0.15, 0.2) is 35.2 Å². The molecule has 3 nitrogen and oxygen atoms in total. The van der Waals surface area contributed by atoms with Gasteiger partial charge < -0.3 is 5.32 Å². The van der Waals surface area contributed by atoms with Gasteiger partial charge in [-0.3, -0.25) is 0 Å². The van der Waals surface area contributed by atoms with Crippen LogP contribution in [0.1, 0.15) is 11.1 Å². The SMILES string of the molecule is Cc1cc(F)ccc1CCNc1cc(Br)ncn1. The predicted octanol–water partition coefficient (Wildman–Crippen LogP) is 3.34. The molecule has 0 atom stereocenters. The number of hydrogen-bond donors (Lipinski definition) is 1. The molecular formula is C13H13BrFN3. The minimum Gasteiger partial charge on any atom is -0.370 e. The van der Waals surface area contributed by atoms with Crippen molar-refractivity contribution in [3.8, 4) is 0 Å². The third kappa shape index (κ3) is 3.50. The predicted molar refractivity (Wildman–Crippen MR) is 73.1 cm³/mol. The Morgan fingerprint density at radius 1 is 1.28 bits per heavy atom. The molecule has 0 aliphatic rings. The van der Waals surface area contributed by atoms with Gasteiger partial charge in [0.05, 0.1) is 0 Å². The van der Waals surface area contributed by atoms with Gasteiger partial charge >= 0.3 is 0 Å². The van der Waals surface area contributed by atoms with Crippen LogP contribution in [-0.4, -0.2) is 16.5 Å². The molecule has 0 saturated carbocycles. The highest BCUT2D eigenvalue weighted by Gasteiger charge is 2.01. The first-order valence-corrected chi connectivity index (χ1v) is 6.41. The highest BCUT2D eigenvalue weighted by atomic mass is 79.9. The molecule has 0 fully saturated rings. The standard InChI is InChI=1S/C13H13BrFN3/c1-9-6-11(15)3-2-10(9)4-5-16-13-7-12(14)17-8-18-13/h2-3,6-8H,4-5H2,1H3,(H,16,17,18). The number of aryl methyl sites for hydroxylation is 1. The lowest BCUT2D eigenvalue weighted by atomic mass is 10.1. The van der Waals surface area contributed by atoms with E-state index in [9.17, 15) is 4.39 Å². The van der Waals surface area contributed by atoms with E-state index in [2.05, 4.69) is 31.2 Å². The van der Waals surface area contributed by atoms with Crippen molar-refractivity contribution >= 4 is 21.7 Å². The van der Waals surface area contributed by atoms with Gasteiger partial charge in [0.15, 0.2) is 0 Å². The third-order valence-electron chi connectivity index (χ3n) is 2.64. The summed E-state index contributed by atoms with van der Waals surface area (Å²) in [5, 5.41) is 3.20. The number of nitrogens with zero attached hydrogens (tertiary/aromatic N) is 2. The Labute approximate surface area is 114 Å². The molecule has 0 radical (unpaired) electrons. The molecule has 1 aromatic carbocycles. The van der Waals surface area contributed by atoms with E-state index >= 15 is 0 Å². The number of rotatable bonds is 4.